The molecule has 150 valence electrons. The Morgan fingerprint density at radius 1 is 1.11 bits per heavy atom. The molecule has 0 aliphatic heterocycles. The predicted molar refractivity (Wildman–Crippen MR) is 105 cm³/mol. The first kappa shape index (κ1) is 20.6. The molecule has 2 aromatic rings. The Labute approximate surface area is 164 Å². The second-order valence-corrected chi connectivity index (χ2v) is 9.23. The van der Waals surface area contributed by atoms with Crippen LogP contribution in [0.25, 0.3) is 11.1 Å². The number of carbonyl (C=O) groups is 1. The van der Waals surface area contributed by atoms with Gasteiger partial charge in [0.15, 0.2) is 5.78 Å². The van der Waals surface area contributed by atoms with Crippen molar-refractivity contribution in [2.45, 2.75) is 44.3 Å². The van der Waals surface area contributed by atoms with Crippen LogP contribution in [0.3, 0.4) is 0 Å². The van der Waals surface area contributed by atoms with Gasteiger partial charge in [-0.25, -0.2) is 21.9 Å². The molecule has 3 rings (SSSR count). The molecule has 0 radical (unpaired) electrons. The molecular formula is C21H23F2NO3S. The Balaban J connectivity index is 1.82. The van der Waals surface area contributed by atoms with Crippen LogP contribution >= 0.6 is 0 Å². The van der Waals surface area contributed by atoms with Crippen LogP contribution in [0, 0.1) is 18.6 Å². The van der Waals surface area contributed by atoms with Crippen LogP contribution < -0.4 is 4.72 Å². The monoisotopic (exact) mass is 407 g/mol. The Morgan fingerprint density at radius 3 is 2.46 bits per heavy atom. The Morgan fingerprint density at radius 2 is 1.79 bits per heavy atom. The SMILES string of the molecule is Cc1cc(-c2ccccc2F)cc(C(=O)CNS(=O)(=O)C2CCCCC2)c1F. The van der Waals surface area contributed by atoms with Gasteiger partial charge in [-0.05, 0) is 49.1 Å². The largest absolute Gasteiger partial charge is 0.293 e. The van der Waals surface area contributed by atoms with Gasteiger partial charge in [0.2, 0.25) is 10.0 Å². The smallest absolute Gasteiger partial charge is 0.214 e. The number of rotatable bonds is 6. The van der Waals surface area contributed by atoms with Crippen molar-refractivity contribution in [3.8, 4) is 11.1 Å². The average Bonchev–Trinajstić information content (AvgIpc) is 2.69. The number of sulfonamides is 1. The number of aryl methyl sites for hydroxylation is 1. The lowest BCUT2D eigenvalue weighted by molar-refractivity contribution is 0.0993. The van der Waals surface area contributed by atoms with Gasteiger partial charge in [-0.3, -0.25) is 4.79 Å². The zero-order valence-corrected chi connectivity index (χ0v) is 16.5. The van der Waals surface area contributed by atoms with E-state index in [9.17, 15) is 22.0 Å². The van der Waals surface area contributed by atoms with Gasteiger partial charge in [0, 0.05) is 5.56 Å². The maximum atomic E-state index is 14.5. The molecule has 28 heavy (non-hydrogen) atoms. The molecule has 1 aliphatic rings. The second kappa shape index (κ2) is 8.49. The number of benzene rings is 2. The van der Waals surface area contributed by atoms with Crippen molar-refractivity contribution in [3.05, 3.63) is 59.2 Å². The minimum absolute atomic E-state index is 0.194. The number of Topliss-reactive ketones (excluding diaryl/α,β-unsaturated/α-hetero) is 1. The van der Waals surface area contributed by atoms with Crippen LogP contribution in [-0.4, -0.2) is 26.0 Å². The number of nitrogens with one attached hydrogen (secondary N) is 1. The molecule has 0 aromatic heterocycles. The Kier molecular flexibility index (Phi) is 6.25. The number of hydrogen-bond acceptors (Lipinski definition) is 3. The molecule has 0 spiro atoms. The lowest BCUT2D eigenvalue weighted by atomic mass is 9.97. The van der Waals surface area contributed by atoms with E-state index in [1.54, 1.807) is 18.2 Å². The first-order valence-corrected chi connectivity index (χ1v) is 10.9. The van der Waals surface area contributed by atoms with Crippen LogP contribution in [0.15, 0.2) is 36.4 Å². The fourth-order valence-corrected chi connectivity index (χ4v) is 5.10. The van der Waals surface area contributed by atoms with Gasteiger partial charge in [0.1, 0.15) is 11.6 Å². The highest BCUT2D eigenvalue weighted by Gasteiger charge is 2.28. The molecule has 0 bridgehead atoms. The molecule has 1 aliphatic carbocycles. The van der Waals surface area contributed by atoms with E-state index in [0.717, 1.165) is 19.3 Å². The second-order valence-electron chi connectivity index (χ2n) is 7.18. The summed E-state index contributed by atoms with van der Waals surface area (Å²) >= 11 is 0. The van der Waals surface area contributed by atoms with Gasteiger partial charge >= 0.3 is 0 Å². The van der Waals surface area contributed by atoms with Gasteiger partial charge in [0.25, 0.3) is 0 Å². The van der Waals surface area contributed by atoms with Crippen LogP contribution in [0.1, 0.15) is 48.0 Å². The summed E-state index contributed by atoms with van der Waals surface area (Å²) in [5, 5.41) is -0.509. The van der Waals surface area contributed by atoms with Crippen molar-refractivity contribution in [1.82, 2.24) is 4.72 Å². The summed E-state index contributed by atoms with van der Waals surface area (Å²) in [6.45, 7) is 0.971. The molecule has 7 heteroatoms. The summed E-state index contributed by atoms with van der Waals surface area (Å²) < 4.78 is 55.7. The van der Waals surface area contributed by atoms with E-state index >= 15 is 0 Å². The lowest BCUT2D eigenvalue weighted by Gasteiger charge is -2.21. The number of halogens is 2. The quantitative estimate of drug-likeness (QED) is 0.723. The predicted octanol–water partition coefficient (Wildman–Crippen LogP) is 4.38. The fourth-order valence-electron chi connectivity index (χ4n) is 3.58. The van der Waals surface area contributed by atoms with Crippen LogP contribution in [0.4, 0.5) is 8.78 Å². The summed E-state index contributed by atoms with van der Waals surface area (Å²) in [4.78, 5) is 12.6. The van der Waals surface area contributed by atoms with Crippen LogP contribution in [-0.2, 0) is 10.0 Å². The van der Waals surface area contributed by atoms with Gasteiger partial charge < -0.3 is 0 Å². The summed E-state index contributed by atoms with van der Waals surface area (Å²) in [6.07, 6.45) is 3.84. The minimum Gasteiger partial charge on any atom is -0.293 e. The molecule has 0 heterocycles. The van der Waals surface area contributed by atoms with E-state index in [0.29, 0.717) is 18.4 Å². The van der Waals surface area contributed by atoms with Crippen molar-refractivity contribution in [1.29, 1.82) is 0 Å². The van der Waals surface area contributed by atoms with Crippen molar-refractivity contribution in [2.24, 2.45) is 0 Å². The molecule has 0 saturated heterocycles. The van der Waals surface area contributed by atoms with E-state index in [1.807, 2.05) is 0 Å². The third-order valence-corrected chi connectivity index (χ3v) is 7.06. The highest BCUT2D eigenvalue weighted by molar-refractivity contribution is 7.90. The van der Waals surface area contributed by atoms with Crippen molar-refractivity contribution in [3.63, 3.8) is 0 Å². The third kappa shape index (κ3) is 4.47. The Bertz CT molecular complexity index is 983. The normalized spacial score (nSPS) is 15.5. The van der Waals surface area contributed by atoms with E-state index < -0.39 is 39.2 Å². The zero-order chi connectivity index (χ0) is 20.3. The molecule has 1 N–H and O–H groups in total. The van der Waals surface area contributed by atoms with Crippen molar-refractivity contribution >= 4 is 15.8 Å². The summed E-state index contributed by atoms with van der Waals surface area (Å²) in [5.41, 5.74) is 0.571. The standard InChI is InChI=1S/C21H23F2NO3S/c1-14-11-15(17-9-5-6-10-19(17)22)12-18(21(14)23)20(25)13-24-28(26,27)16-7-3-2-4-8-16/h5-6,9-12,16,24H,2-4,7-8,13H2,1H3. The highest BCUT2D eigenvalue weighted by Crippen LogP contribution is 2.27. The molecular weight excluding hydrogens is 384 g/mol. The molecule has 0 unspecified atom stereocenters. The van der Waals surface area contributed by atoms with E-state index in [2.05, 4.69) is 4.72 Å². The summed E-state index contributed by atoms with van der Waals surface area (Å²) in [5.74, 6) is -1.88. The van der Waals surface area contributed by atoms with E-state index in [1.165, 1.54) is 25.1 Å². The topological polar surface area (TPSA) is 63.2 Å². The van der Waals surface area contributed by atoms with Gasteiger partial charge in [-0.1, -0.05) is 37.5 Å². The Hall–Kier alpha value is -2.12. The van der Waals surface area contributed by atoms with Gasteiger partial charge in [0.05, 0.1) is 17.4 Å². The molecule has 0 atom stereocenters. The zero-order valence-electron chi connectivity index (χ0n) is 15.7. The van der Waals surface area contributed by atoms with E-state index in [-0.39, 0.29) is 16.7 Å². The maximum absolute atomic E-state index is 14.5. The molecule has 1 fully saturated rings. The van der Waals surface area contributed by atoms with Crippen molar-refractivity contribution < 1.29 is 22.0 Å². The van der Waals surface area contributed by atoms with Gasteiger partial charge in [-0.15, -0.1) is 0 Å². The third-order valence-electron chi connectivity index (χ3n) is 5.16. The molecule has 2 aromatic carbocycles. The first-order valence-electron chi connectivity index (χ1n) is 9.36. The van der Waals surface area contributed by atoms with Gasteiger partial charge in [-0.2, -0.15) is 0 Å². The summed E-state index contributed by atoms with van der Waals surface area (Å²) in [6, 6.07) is 8.77. The molecule has 1 saturated carbocycles. The summed E-state index contributed by atoms with van der Waals surface area (Å²) in [7, 11) is -3.63. The molecule has 0 amide bonds. The first-order chi connectivity index (χ1) is 13.3. The number of hydrogen-bond donors (Lipinski definition) is 1. The van der Waals surface area contributed by atoms with E-state index in [4.69, 9.17) is 0 Å². The maximum Gasteiger partial charge on any atom is 0.214 e. The molecule has 4 nitrogen and oxygen atoms in total. The number of carbonyl (C=O) groups excluding carboxylic acids is 1. The highest BCUT2D eigenvalue weighted by atomic mass is 32.2. The lowest BCUT2D eigenvalue weighted by Crippen LogP contribution is -2.38. The minimum atomic E-state index is -3.63. The van der Waals surface area contributed by atoms with Crippen molar-refractivity contribution in [2.75, 3.05) is 6.54 Å². The van der Waals surface area contributed by atoms with Crippen LogP contribution in [0.2, 0.25) is 0 Å². The fraction of sp³-hybridized carbons (Fsp3) is 0.381. The number of ketones is 1. The van der Waals surface area contributed by atoms with Crippen LogP contribution in [0.5, 0.6) is 0 Å². The average molecular weight is 407 g/mol.